The average molecular weight is 685 g/mol. The minimum Gasteiger partial charge on any atom is -0.444 e. The maximum Gasteiger partial charge on any atom is 0.410 e. The molecule has 2 unspecified atom stereocenters. The maximum atomic E-state index is 13.3. The van der Waals surface area contributed by atoms with Crippen LogP contribution in [0.15, 0.2) is 42.6 Å². The first-order valence-electron chi connectivity index (χ1n) is 17.8. The van der Waals surface area contributed by atoms with Gasteiger partial charge in [0.1, 0.15) is 17.0 Å². The molecule has 4 aliphatic rings. The third-order valence-electron chi connectivity index (χ3n) is 10.5. The number of likely N-dealkylation sites (tertiary alicyclic amines) is 2. The van der Waals surface area contributed by atoms with E-state index in [0.29, 0.717) is 12.5 Å². The van der Waals surface area contributed by atoms with Crippen LogP contribution in [0.3, 0.4) is 0 Å². The van der Waals surface area contributed by atoms with Gasteiger partial charge in [-0.25, -0.2) is 14.6 Å². The van der Waals surface area contributed by atoms with Crippen LogP contribution in [0.2, 0.25) is 0 Å². The van der Waals surface area contributed by atoms with Gasteiger partial charge in [0.15, 0.2) is 0 Å². The molecule has 3 N–H and O–H groups in total. The summed E-state index contributed by atoms with van der Waals surface area (Å²) >= 11 is 1.81. The first-order valence-corrected chi connectivity index (χ1v) is 18.6. The molecule has 10 nitrogen and oxygen atoms in total. The fraction of sp³-hybridized carbons (Fsp3) is 0.553. The molecule has 2 bridgehead atoms. The Morgan fingerprint density at radius 3 is 2.43 bits per heavy atom. The number of carbonyl (C=O) groups is 2. The van der Waals surface area contributed by atoms with Crippen LogP contribution in [0.1, 0.15) is 97.1 Å². The molecule has 2 aromatic heterocycles. The lowest BCUT2D eigenvalue weighted by Crippen LogP contribution is -2.57. The highest BCUT2D eigenvalue weighted by Crippen LogP contribution is 2.45. The van der Waals surface area contributed by atoms with Crippen molar-refractivity contribution in [2.24, 2.45) is 5.92 Å². The highest BCUT2D eigenvalue weighted by molar-refractivity contribution is 7.25. The lowest BCUT2D eigenvalue weighted by molar-refractivity contribution is 0.00198. The molecular weight excluding hydrogens is 637 g/mol. The van der Waals surface area contributed by atoms with E-state index in [1.807, 2.05) is 64.0 Å². The third-order valence-corrected chi connectivity index (χ3v) is 11.6. The number of hydrogen-bond acceptors (Lipinski definition) is 8. The van der Waals surface area contributed by atoms with E-state index in [1.54, 1.807) is 4.90 Å². The molecule has 260 valence electrons. The lowest BCUT2D eigenvalue weighted by Gasteiger charge is -2.39. The largest absolute Gasteiger partial charge is 0.444 e. The van der Waals surface area contributed by atoms with Crippen molar-refractivity contribution in [1.29, 1.82) is 0 Å². The van der Waals surface area contributed by atoms with Crippen molar-refractivity contribution in [2.75, 3.05) is 13.1 Å². The van der Waals surface area contributed by atoms with Crippen LogP contribution in [0.5, 0.6) is 0 Å². The van der Waals surface area contributed by atoms with Gasteiger partial charge in [0.2, 0.25) is 0 Å². The highest BCUT2D eigenvalue weighted by atomic mass is 32.1. The van der Waals surface area contributed by atoms with Crippen LogP contribution in [0, 0.1) is 5.92 Å². The molecule has 11 heteroatoms. The van der Waals surface area contributed by atoms with Crippen LogP contribution in [0.4, 0.5) is 9.59 Å². The van der Waals surface area contributed by atoms with Crippen LogP contribution in [-0.4, -0.2) is 74.5 Å². The van der Waals surface area contributed by atoms with Gasteiger partial charge in [0, 0.05) is 50.9 Å². The van der Waals surface area contributed by atoms with E-state index >= 15 is 0 Å². The van der Waals surface area contributed by atoms with Crippen LogP contribution >= 0.6 is 11.3 Å². The van der Waals surface area contributed by atoms with E-state index in [4.69, 9.17) is 14.5 Å². The topological polar surface area (TPSA) is 112 Å². The molecule has 2 aromatic carbocycles. The van der Waals surface area contributed by atoms with Crippen molar-refractivity contribution in [3.05, 3.63) is 54.0 Å². The number of nitrogens with one attached hydrogen (secondary N) is 3. The number of thiophene rings is 1. The summed E-state index contributed by atoms with van der Waals surface area (Å²) in [5.74, 6) is 1.30. The molecule has 4 fully saturated rings. The second-order valence-electron chi connectivity index (χ2n) is 16.3. The van der Waals surface area contributed by atoms with Crippen molar-refractivity contribution >= 4 is 43.7 Å². The van der Waals surface area contributed by atoms with E-state index in [9.17, 15) is 9.59 Å². The molecule has 8 rings (SSSR count). The zero-order chi connectivity index (χ0) is 34.2. The Kier molecular flexibility index (Phi) is 7.96. The summed E-state index contributed by atoms with van der Waals surface area (Å²) in [5.41, 5.74) is 2.23. The normalized spacial score (nSPS) is 27.1. The fourth-order valence-electron chi connectivity index (χ4n) is 8.48. The van der Waals surface area contributed by atoms with Crippen LogP contribution in [0.25, 0.3) is 31.4 Å². The lowest BCUT2D eigenvalue weighted by atomic mass is 9.96. The average Bonchev–Trinajstić information content (AvgIpc) is 3.87. The number of nitrogens with zero attached hydrogens (tertiary/aromatic N) is 3. The van der Waals surface area contributed by atoms with Gasteiger partial charge < -0.3 is 14.5 Å². The van der Waals surface area contributed by atoms with Crippen LogP contribution < -0.4 is 10.6 Å². The summed E-state index contributed by atoms with van der Waals surface area (Å²) in [7, 11) is 0. The second-order valence-corrected chi connectivity index (χ2v) is 17.4. The number of ether oxygens (including phenoxy) is 2. The standard InChI is InChI=1S/C38H48N6O4S/c1-37(2,3)47-35(45)43-15-7-8-29(43)33-39-19-27(41-33)21-10-13-25-26-14-11-22(18-31(26)49-30(25)17-21)28-20-40-34(42-28)32-23-9-12-24(16-23)44(32)36(46)48-38(4,5)6/h10-11,13-14,17-19,23-24,28-29,32,34,40,42H,7-9,12,15-16,20H2,1-6H3,(H,39,41)/t23-,24+,28?,29-,32-,34?/m0/s1. The molecule has 0 spiro atoms. The van der Waals surface area contributed by atoms with E-state index in [-0.39, 0.29) is 42.5 Å². The Labute approximate surface area is 291 Å². The summed E-state index contributed by atoms with van der Waals surface area (Å²) in [5, 5.41) is 10.1. The molecule has 4 aromatic rings. The number of benzene rings is 2. The van der Waals surface area contributed by atoms with Gasteiger partial charge >= 0.3 is 12.2 Å². The molecular formula is C38H48N6O4S. The van der Waals surface area contributed by atoms with Gasteiger partial charge in [0.05, 0.1) is 30.1 Å². The molecule has 5 heterocycles. The number of H-pyrrole nitrogens is 1. The van der Waals surface area contributed by atoms with Gasteiger partial charge in [-0.3, -0.25) is 20.4 Å². The smallest absolute Gasteiger partial charge is 0.410 e. The number of amides is 2. The zero-order valence-corrected chi connectivity index (χ0v) is 30.2. The number of aromatic amines is 1. The van der Waals surface area contributed by atoms with Crippen molar-refractivity contribution in [2.45, 2.75) is 115 Å². The number of aromatic nitrogens is 2. The van der Waals surface area contributed by atoms with E-state index < -0.39 is 11.2 Å². The fourth-order valence-corrected chi connectivity index (χ4v) is 9.67. The Bertz CT molecular complexity index is 1910. The van der Waals surface area contributed by atoms with Crippen molar-refractivity contribution in [1.82, 2.24) is 30.4 Å². The molecule has 6 atom stereocenters. The number of imidazole rings is 1. The Morgan fingerprint density at radius 2 is 1.65 bits per heavy atom. The molecule has 3 aliphatic heterocycles. The Balaban J connectivity index is 0.990. The predicted molar refractivity (Wildman–Crippen MR) is 192 cm³/mol. The molecule has 1 saturated carbocycles. The molecule has 1 aliphatic carbocycles. The Morgan fingerprint density at radius 1 is 0.918 bits per heavy atom. The van der Waals surface area contributed by atoms with E-state index in [1.165, 1.54) is 32.2 Å². The number of hydrogen-bond donors (Lipinski definition) is 3. The van der Waals surface area contributed by atoms with Gasteiger partial charge in [-0.05, 0) is 97.3 Å². The SMILES string of the molecule is CC(C)(C)OC(=O)N1CCC[C@H]1c1ncc(-c2ccc3c(c2)sc2cc(C4CNC([C@@H]5[C@H]6CC[C@H](C6)N5C(=O)OC(C)(C)C)N4)ccc23)[nH]1. The summed E-state index contributed by atoms with van der Waals surface area (Å²) in [6.45, 7) is 13.0. The zero-order valence-electron chi connectivity index (χ0n) is 29.3. The van der Waals surface area contributed by atoms with Gasteiger partial charge in [-0.2, -0.15) is 0 Å². The minimum absolute atomic E-state index is 0.0354. The number of fused-ring (bicyclic) bond motifs is 5. The molecule has 2 amide bonds. The minimum atomic E-state index is -0.535. The van der Waals surface area contributed by atoms with Gasteiger partial charge in [0.25, 0.3) is 0 Å². The maximum absolute atomic E-state index is 13.3. The van der Waals surface area contributed by atoms with E-state index in [2.05, 4.69) is 52.0 Å². The number of carbonyl (C=O) groups excluding carboxylic acids is 2. The van der Waals surface area contributed by atoms with Crippen molar-refractivity contribution in [3.63, 3.8) is 0 Å². The number of rotatable bonds is 4. The molecule has 49 heavy (non-hydrogen) atoms. The monoisotopic (exact) mass is 684 g/mol. The van der Waals surface area contributed by atoms with Gasteiger partial charge in [-0.15, -0.1) is 11.3 Å². The first-order chi connectivity index (χ1) is 23.3. The van der Waals surface area contributed by atoms with Crippen molar-refractivity contribution < 1.29 is 19.1 Å². The predicted octanol–water partition coefficient (Wildman–Crippen LogP) is 7.86. The molecule has 3 saturated heterocycles. The third kappa shape index (κ3) is 6.18. The van der Waals surface area contributed by atoms with Crippen LogP contribution in [-0.2, 0) is 9.47 Å². The Hall–Kier alpha value is -3.67. The highest BCUT2D eigenvalue weighted by Gasteiger charge is 2.53. The quantitative estimate of drug-likeness (QED) is 0.201. The van der Waals surface area contributed by atoms with E-state index in [0.717, 1.165) is 49.3 Å². The summed E-state index contributed by atoms with van der Waals surface area (Å²) < 4.78 is 14.0. The summed E-state index contributed by atoms with van der Waals surface area (Å²) in [6, 6.07) is 13.8. The van der Waals surface area contributed by atoms with Crippen molar-refractivity contribution in [3.8, 4) is 11.3 Å². The summed E-state index contributed by atoms with van der Waals surface area (Å²) in [6.07, 6.45) is 6.53. The van der Waals surface area contributed by atoms with Gasteiger partial charge in [-0.1, -0.05) is 24.3 Å². The molecule has 0 radical (unpaired) electrons. The number of piperidine rings is 1. The summed E-state index contributed by atoms with van der Waals surface area (Å²) in [4.78, 5) is 38.2. The second kappa shape index (κ2) is 12.0. The first kappa shape index (κ1) is 32.5.